The largest absolute Gasteiger partial charge is 0.497 e. The third-order valence-electron chi connectivity index (χ3n) is 2.92. The maximum Gasteiger partial charge on any atom is 0.224 e. The lowest BCUT2D eigenvalue weighted by Crippen LogP contribution is -2.27. The summed E-state index contributed by atoms with van der Waals surface area (Å²) in [4.78, 5) is 11.8. The van der Waals surface area contributed by atoms with Gasteiger partial charge in [0.2, 0.25) is 5.91 Å². The molecule has 0 aliphatic heterocycles. The minimum absolute atomic E-state index is 0.0405. The van der Waals surface area contributed by atoms with Crippen LogP contribution in [0.15, 0.2) is 47.1 Å². The van der Waals surface area contributed by atoms with Crippen LogP contribution in [-0.2, 0) is 17.0 Å². The number of furan rings is 1. The summed E-state index contributed by atoms with van der Waals surface area (Å²) in [6.07, 6.45) is 2.07. The predicted octanol–water partition coefficient (Wildman–Crippen LogP) is 2.88. The molecule has 0 spiro atoms. The summed E-state index contributed by atoms with van der Waals surface area (Å²) >= 11 is 1.74. The summed E-state index contributed by atoms with van der Waals surface area (Å²) in [6, 6.07) is 11.4. The van der Waals surface area contributed by atoms with Gasteiger partial charge >= 0.3 is 0 Å². The van der Waals surface area contributed by atoms with E-state index >= 15 is 0 Å². The first-order valence-electron chi connectivity index (χ1n) is 6.77. The number of rotatable bonds is 8. The van der Waals surface area contributed by atoms with Crippen molar-refractivity contribution in [1.82, 2.24) is 5.32 Å². The quantitative estimate of drug-likeness (QED) is 0.762. The lowest BCUT2D eigenvalue weighted by molar-refractivity contribution is -0.120. The van der Waals surface area contributed by atoms with Gasteiger partial charge in [0.25, 0.3) is 0 Å². The van der Waals surface area contributed by atoms with E-state index in [9.17, 15) is 4.79 Å². The van der Waals surface area contributed by atoms with Crippen molar-refractivity contribution in [1.29, 1.82) is 0 Å². The van der Waals surface area contributed by atoms with Crippen LogP contribution in [0.5, 0.6) is 5.75 Å². The molecule has 112 valence electrons. The number of hydrogen-bond donors (Lipinski definition) is 1. The maximum absolute atomic E-state index is 11.8. The van der Waals surface area contributed by atoms with Crippen LogP contribution in [0.1, 0.15) is 11.3 Å². The maximum atomic E-state index is 11.8. The van der Waals surface area contributed by atoms with E-state index in [1.54, 1.807) is 25.1 Å². The van der Waals surface area contributed by atoms with Crippen molar-refractivity contribution in [3.63, 3.8) is 0 Å². The second-order valence-electron chi connectivity index (χ2n) is 4.51. The molecule has 2 rings (SSSR count). The van der Waals surface area contributed by atoms with Gasteiger partial charge < -0.3 is 14.5 Å². The van der Waals surface area contributed by atoms with Crippen molar-refractivity contribution in [2.45, 2.75) is 12.2 Å². The van der Waals surface area contributed by atoms with Crippen LogP contribution in [0, 0.1) is 0 Å². The molecule has 1 amide bonds. The molecule has 1 aromatic carbocycles. The third kappa shape index (κ3) is 5.55. The Balaban J connectivity index is 1.60. The molecule has 0 radical (unpaired) electrons. The van der Waals surface area contributed by atoms with Gasteiger partial charge in [0.05, 0.1) is 25.5 Å². The molecule has 0 atom stereocenters. The monoisotopic (exact) mass is 305 g/mol. The number of nitrogens with one attached hydrogen (secondary N) is 1. The predicted molar refractivity (Wildman–Crippen MR) is 84.6 cm³/mol. The number of carbonyl (C=O) groups excluding carboxylic acids is 1. The molecule has 21 heavy (non-hydrogen) atoms. The lowest BCUT2D eigenvalue weighted by Gasteiger charge is -2.06. The van der Waals surface area contributed by atoms with Crippen molar-refractivity contribution in [3.05, 3.63) is 54.0 Å². The van der Waals surface area contributed by atoms with Crippen LogP contribution in [0.25, 0.3) is 0 Å². The highest BCUT2D eigenvalue weighted by atomic mass is 32.2. The van der Waals surface area contributed by atoms with Crippen LogP contribution >= 0.6 is 11.8 Å². The van der Waals surface area contributed by atoms with E-state index in [1.807, 2.05) is 36.4 Å². The normalized spacial score (nSPS) is 10.3. The van der Waals surface area contributed by atoms with Crippen molar-refractivity contribution in [3.8, 4) is 5.75 Å². The molecule has 0 unspecified atom stereocenters. The van der Waals surface area contributed by atoms with E-state index in [1.165, 1.54) is 0 Å². The molecule has 1 aromatic heterocycles. The number of carbonyl (C=O) groups is 1. The van der Waals surface area contributed by atoms with Crippen molar-refractivity contribution < 1.29 is 13.9 Å². The zero-order valence-corrected chi connectivity index (χ0v) is 12.8. The van der Waals surface area contributed by atoms with Gasteiger partial charge in [0.15, 0.2) is 0 Å². The van der Waals surface area contributed by atoms with Crippen LogP contribution in [0.4, 0.5) is 0 Å². The average molecular weight is 305 g/mol. The van der Waals surface area contributed by atoms with Gasteiger partial charge in [-0.1, -0.05) is 12.1 Å². The minimum Gasteiger partial charge on any atom is -0.497 e. The summed E-state index contributed by atoms with van der Waals surface area (Å²) in [6.45, 7) is 0.667. The topological polar surface area (TPSA) is 51.5 Å². The second-order valence-corrected chi connectivity index (χ2v) is 5.61. The van der Waals surface area contributed by atoms with Gasteiger partial charge in [-0.2, -0.15) is 11.8 Å². The highest BCUT2D eigenvalue weighted by molar-refractivity contribution is 7.98. The van der Waals surface area contributed by atoms with E-state index < -0.39 is 0 Å². The number of benzene rings is 1. The Morgan fingerprint density at radius 3 is 2.76 bits per heavy atom. The summed E-state index contributed by atoms with van der Waals surface area (Å²) < 4.78 is 10.3. The Kier molecular flexibility index (Phi) is 6.22. The Bertz CT molecular complexity index is 537. The number of amides is 1. The SMILES string of the molecule is COc1ccc(CC(=O)NCCSCc2ccco2)cc1. The summed E-state index contributed by atoms with van der Waals surface area (Å²) in [5, 5.41) is 2.92. The molecule has 0 bridgehead atoms. The lowest BCUT2D eigenvalue weighted by atomic mass is 10.1. The van der Waals surface area contributed by atoms with E-state index in [4.69, 9.17) is 9.15 Å². The molecule has 2 aromatic rings. The zero-order valence-electron chi connectivity index (χ0n) is 12.0. The smallest absolute Gasteiger partial charge is 0.224 e. The summed E-state index contributed by atoms with van der Waals surface area (Å²) in [5.41, 5.74) is 0.983. The van der Waals surface area contributed by atoms with Crippen LogP contribution < -0.4 is 10.1 Å². The van der Waals surface area contributed by atoms with Crippen LogP contribution in [0.3, 0.4) is 0 Å². The van der Waals surface area contributed by atoms with E-state index in [0.29, 0.717) is 13.0 Å². The number of ether oxygens (including phenoxy) is 1. The molecule has 0 aliphatic carbocycles. The van der Waals surface area contributed by atoms with E-state index in [2.05, 4.69) is 5.32 Å². The standard InChI is InChI=1S/C16H19NO3S/c1-19-14-6-4-13(5-7-14)11-16(18)17-8-10-21-12-15-3-2-9-20-15/h2-7,9H,8,10-12H2,1H3,(H,17,18). The molecule has 1 heterocycles. The summed E-state index contributed by atoms with van der Waals surface area (Å²) in [7, 11) is 1.63. The van der Waals surface area contributed by atoms with E-state index in [-0.39, 0.29) is 5.91 Å². The molecule has 5 heteroatoms. The van der Waals surface area contributed by atoms with Crippen molar-refractivity contribution in [2.24, 2.45) is 0 Å². The first-order chi connectivity index (χ1) is 10.3. The van der Waals surface area contributed by atoms with Crippen molar-refractivity contribution in [2.75, 3.05) is 19.4 Å². The third-order valence-corrected chi connectivity index (χ3v) is 3.90. The summed E-state index contributed by atoms with van der Waals surface area (Å²) in [5.74, 6) is 3.51. The van der Waals surface area contributed by atoms with Gasteiger partial charge in [-0.3, -0.25) is 4.79 Å². The van der Waals surface area contributed by atoms with Gasteiger partial charge in [0, 0.05) is 12.3 Å². The van der Waals surface area contributed by atoms with Gasteiger partial charge in [0.1, 0.15) is 11.5 Å². The fraction of sp³-hybridized carbons (Fsp3) is 0.312. The Morgan fingerprint density at radius 2 is 2.10 bits per heavy atom. The van der Waals surface area contributed by atoms with Crippen LogP contribution in [-0.4, -0.2) is 25.3 Å². The molecule has 0 fully saturated rings. The fourth-order valence-electron chi connectivity index (χ4n) is 1.82. The van der Waals surface area contributed by atoms with Gasteiger partial charge in [-0.25, -0.2) is 0 Å². The Hall–Kier alpha value is -1.88. The second kappa shape index (κ2) is 8.42. The Labute approximate surface area is 128 Å². The van der Waals surface area contributed by atoms with Gasteiger partial charge in [-0.05, 0) is 29.8 Å². The molecule has 4 nitrogen and oxygen atoms in total. The highest BCUT2D eigenvalue weighted by Gasteiger charge is 2.03. The molecule has 0 saturated carbocycles. The molecule has 1 N–H and O–H groups in total. The fourth-order valence-corrected chi connectivity index (χ4v) is 2.58. The molecular weight excluding hydrogens is 286 g/mol. The minimum atomic E-state index is 0.0405. The highest BCUT2D eigenvalue weighted by Crippen LogP contribution is 2.12. The molecular formula is C16H19NO3S. The number of hydrogen-bond acceptors (Lipinski definition) is 4. The molecule has 0 saturated heterocycles. The average Bonchev–Trinajstić information content (AvgIpc) is 3.01. The first-order valence-corrected chi connectivity index (χ1v) is 7.93. The number of methoxy groups -OCH3 is 1. The number of thioether (sulfide) groups is 1. The van der Waals surface area contributed by atoms with Crippen LogP contribution in [0.2, 0.25) is 0 Å². The van der Waals surface area contributed by atoms with Gasteiger partial charge in [-0.15, -0.1) is 0 Å². The zero-order chi connectivity index (χ0) is 14.9. The molecule has 0 aliphatic rings. The van der Waals surface area contributed by atoms with E-state index in [0.717, 1.165) is 28.6 Å². The van der Waals surface area contributed by atoms with Crippen molar-refractivity contribution >= 4 is 17.7 Å². The first kappa shape index (κ1) is 15.5. The Morgan fingerprint density at radius 1 is 1.29 bits per heavy atom.